The largest absolute Gasteiger partial charge is 0.440 e. The van der Waals surface area contributed by atoms with Crippen molar-refractivity contribution in [3.05, 3.63) is 149 Å². The predicted molar refractivity (Wildman–Crippen MR) is 286 cm³/mol. The van der Waals surface area contributed by atoms with Gasteiger partial charge in [0, 0.05) is 39.3 Å². The Kier molecular flexibility index (Phi) is 9.76. The minimum atomic E-state index is -0.0802. The van der Waals surface area contributed by atoms with Gasteiger partial charge in [0.05, 0.1) is 0 Å². The molecule has 0 radical (unpaired) electrons. The van der Waals surface area contributed by atoms with Gasteiger partial charge in [0.15, 0.2) is 0 Å². The molecule has 3 aliphatic rings. The third kappa shape index (κ3) is 7.07. The van der Waals surface area contributed by atoms with Crippen LogP contribution in [0.4, 0.5) is 34.3 Å². The molecule has 7 aromatic rings. The molecule has 0 N–H and O–H groups in total. The fourth-order valence-electron chi connectivity index (χ4n) is 11.3. The molecular formula is C62H71BN2O. The number of hydrogen-bond acceptors (Lipinski definition) is 3. The van der Waals surface area contributed by atoms with Crippen LogP contribution in [0.15, 0.2) is 120 Å². The summed E-state index contributed by atoms with van der Waals surface area (Å²) in [6.07, 6.45) is 2.30. The molecule has 4 heteroatoms. The minimum Gasteiger partial charge on any atom is -0.440 e. The monoisotopic (exact) mass is 871 g/mol. The van der Waals surface area contributed by atoms with Gasteiger partial charge in [0.25, 0.3) is 6.71 Å². The lowest BCUT2D eigenvalue weighted by atomic mass is 9.33. The maximum atomic E-state index is 7.54. The molecule has 3 nitrogen and oxygen atoms in total. The van der Waals surface area contributed by atoms with Gasteiger partial charge in [-0.3, -0.25) is 4.90 Å². The Labute approximate surface area is 396 Å². The molecule has 66 heavy (non-hydrogen) atoms. The van der Waals surface area contributed by atoms with Gasteiger partial charge in [-0.1, -0.05) is 171 Å². The van der Waals surface area contributed by atoms with Crippen LogP contribution < -0.4 is 26.2 Å². The second-order valence-electron chi connectivity index (χ2n) is 25.4. The Hall–Kier alpha value is -5.48. The van der Waals surface area contributed by atoms with Crippen LogP contribution in [0.25, 0.3) is 22.1 Å². The van der Waals surface area contributed by atoms with E-state index >= 15 is 0 Å². The standard InChI is InChI=1S/C62H71BN2O/c1-57(2,3)39-21-26-42(27-22-39)64-50-30-25-41(59(7,8)9)35-49(50)63-54-45-36-47-48(62(15,16)32-31-61(47,13)14)37-53(45)66-56(54)65(43-28-23-40(24-29-43)58(4,5)6)52-34-38(33-51(64)55(52)63)44-19-17-18-20-46(44)60(10,11)12/h17-30,33-37H,31-32H2,1-16H3. The maximum Gasteiger partial charge on any atom is 0.257 e. The van der Waals surface area contributed by atoms with Crippen molar-refractivity contribution in [2.75, 3.05) is 9.80 Å². The molecule has 6 aromatic carbocycles. The summed E-state index contributed by atoms with van der Waals surface area (Å²) in [5.41, 5.74) is 21.4. The van der Waals surface area contributed by atoms with Gasteiger partial charge in [-0.25, -0.2) is 0 Å². The maximum absolute atomic E-state index is 7.54. The second-order valence-corrected chi connectivity index (χ2v) is 25.4. The molecule has 0 spiro atoms. The van der Waals surface area contributed by atoms with Crippen molar-refractivity contribution in [2.45, 2.75) is 156 Å². The first-order valence-corrected chi connectivity index (χ1v) is 24.6. The smallest absolute Gasteiger partial charge is 0.257 e. The summed E-state index contributed by atoms with van der Waals surface area (Å²) in [5, 5.41) is 1.23. The van der Waals surface area contributed by atoms with Crippen LogP contribution in [-0.4, -0.2) is 6.71 Å². The van der Waals surface area contributed by atoms with Crippen LogP contribution in [-0.2, 0) is 32.5 Å². The van der Waals surface area contributed by atoms with Gasteiger partial charge in [-0.15, -0.1) is 0 Å². The van der Waals surface area contributed by atoms with E-state index < -0.39 is 0 Å². The summed E-state index contributed by atoms with van der Waals surface area (Å²) in [6, 6.07) is 45.0. The van der Waals surface area contributed by atoms with Crippen LogP contribution in [0.5, 0.6) is 0 Å². The van der Waals surface area contributed by atoms with Crippen LogP contribution in [0.1, 0.15) is 157 Å². The summed E-state index contributed by atoms with van der Waals surface area (Å²) in [7, 11) is 0. The predicted octanol–water partition coefficient (Wildman–Crippen LogP) is 15.7. The van der Waals surface area contributed by atoms with Gasteiger partial charge in [0.1, 0.15) is 5.58 Å². The Morgan fingerprint density at radius 2 is 0.985 bits per heavy atom. The van der Waals surface area contributed by atoms with E-state index in [-0.39, 0.29) is 39.2 Å². The van der Waals surface area contributed by atoms with E-state index in [1.165, 1.54) is 83.3 Å². The van der Waals surface area contributed by atoms with Gasteiger partial charge in [-0.05, 0) is 155 Å². The third-order valence-corrected chi connectivity index (χ3v) is 15.6. The number of hydrogen-bond donors (Lipinski definition) is 0. The van der Waals surface area contributed by atoms with Crippen molar-refractivity contribution in [1.29, 1.82) is 0 Å². The topological polar surface area (TPSA) is 19.6 Å². The molecule has 0 saturated carbocycles. The molecule has 0 fully saturated rings. The van der Waals surface area contributed by atoms with E-state index in [1.54, 1.807) is 0 Å². The van der Waals surface area contributed by atoms with Crippen LogP contribution in [0, 0.1) is 0 Å². The molecule has 0 unspecified atom stereocenters. The Bertz CT molecular complexity index is 3060. The van der Waals surface area contributed by atoms with Gasteiger partial charge >= 0.3 is 0 Å². The Morgan fingerprint density at radius 3 is 1.53 bits per heavy atom. The average Bonchev–Trinajstić information content (AvgIpc) is 3.61. The van der Waals surface area contributed by atoms with Crippen molar-refractivity contribution in [3.63, 3.8) is 0 Å². The molecule has 2 aliphatic heterocycles. The molecule has 1 aromatic heterocycles. The van der Waals surface area contributed by atoms with E-state index in [9.17, 15) is 0 Å². The lowest BCUT2D eigenvalue weighted by Crippen LogP contribution is -2.61. The van der Waals surface area contributed by atoms with Gasteiger partial charge < -0.3 is 9.32 Å². The number of rotatable bonds is 3. The van der Waals surface area contributed by atoms with Crippen molar-refractivity contribution < 1.29 is 4.42 Å². The summed E-state index contributed by atoms with van der Waals surface area (Å²) >= 11 is 0. The first kappa shape index (κ1) is 44.4. The highest BCUT2D eigenvalue weighted by molar-refractivity contribution is 7.01. The molecule has 3 heterocycles. The summed E-state index contributed by atoms with van der Waals surface area (Å²) in [6.45, 7) is 37.5. The Morgan fingerprint density at radius 1 is 0.485 bits per heavy atom. The number of furan rings is 1. The minimum absolute atomic E-state index is 0.0159. The second kappa shape index (κ2) is 14.5. The number of anilines is 6. The SMILES string of the molecule is CC(C)(C)c1ccc(N2c3ccc(C(C)(C)C)cc3B3c4c2cc(-c2ccccc2C(C)(C)C)cc4N(c2ccc(C(C)(C)C)cc2)c2oc4cc5c(cc4c23)C(C)(C)CCC5(C)C)cc1. The molecule has 0 atom stereocenters. The van der Waals surface area contributed by atoms with E-state index in [1.807, 2.05) is 0 Å². The molecule has 1 aliphatic carbocycles. The highest BCUT2D eigenvalue weighted by Crippen LogP contribution is 2.52. The van der Waals surface area contributed by atoms with Crippen LogP contribution in [0.3, 0.4) is 0 Å². The molecule has 0 amide bonds. The zero-order valence-electron chi connectivity index (χ0n) is 42.8. The van der Waals surface area contributed by atoms with E-state index in [4.69, 9.17) is 4.42 Å². The summed E-state index contributed by atoms with van der Waals surface area (Å²) < 4.78 is 7.54. The zero-order chi connectivity index (χ0) is 47.3. The van der Waals surface area contributed by atoms with Crippen LogP contribution in [0.2, 0.25) is 0 Å². The average molecular weight is 871 g/mol. The highest BCUT2D eigenvalue weighted by atomic mass is 16.4. The molecule has 338 valence electrons. The Balaban J connectivity index is 1.37. The van der Waals surface area contributed by atoms with E-state index in [2.05, 4.69) is 236 Å². The molecule has 0 saturated heterocycles. The number of nitrogens with zero attached hydrogens (tertiary/aromatic N) is 2. The first-order chi connectivity index (χ1) is 30.7. The van der Waals surface area contributed by atoms with Crippen LogP contribution >= 0.6 is 0 Å². The first-order valence-electron chi connectivity index (χ1n) is 24.6. The number of fused-ring (bicyclic) bond motifs is 7. The van der Waals surface area contributed by atoms with Crippen molar-refractivity contribution >= 4 is 68.4 Å². The number of benzene rings is 6. The fraction of sp³-hybridized carbons (Fsp3) is 0.387. The zero-order valence-corrected chi connectivity index (χ0v) is 42.8. The third-order valence-electron chi connectivity index (χ3n) is 15.6. The van der Waals surface area contributed by atoms with Gasteiger partial charge in [0.2, 0.25) is 5.88 Å². The lowest BCUT2D eigenvalue weighted by molar-refractivity contribution is 0.332. The van der Waals surface area contributed by atoms with Crippen molar-refractivity contribution in [1.82, 2.24) is 0 Å². The van der Waals surface area contributed by atoms with E-state index in [0.717, 1.165) is 35.7 Å². The van der Waals surface area contributed by atoms with Gasteiger partial charge in [-0.2, -0.15) is 0 Å². The quantitative estimate of drug-likeness (QED) is 0.165. The summed E-state index contributed by atoms with van der Waals surface area (Å²) in [4.78, 5) is 5.06. The molecular weight excluding hydrogens is 800 g/mol. The van der Waals surface area contributed by atoms with Crippen molar-refractivity contribution in [3.8, 4) is 11.1 Å². The van der Waals surface area contributed by atoms with E-state index in [0.29, 0.717) is 0 Å². The fourth-order valence-corrected chi connectivity index (χ4v) is 11.3. The molecule has 10 rings (SSSR count). The van der Waals surface area contributed by atoms with Crippen molar-refractivity contribution in [2.24, 2.45) is 0 Å². The molecule has 0 bridgehead atoms. The summed E-state index contributed by atoms with van der Waals surface area (Å²) in [5.74, 6) is 0.922. The lowest BCUT2D eigenvalue weighted by Gasteiger charge is -2.43. The normalized spacial score (nSPS) is 16.5. The highest BCUT2D eigenvalue weighted by Gasteiger charge is 2.48.